The van der Waals surface area contributed by atoms with E-state index in [0.717, 1.165) is 15.8 Å². The van der Waals surface area contributed by atoms with E-state index in [-0.39, 0.29) is 0 Å². The molecule has 0 N–H and O–H groups in total. The topological polar surface area (TPSA) is 25.8 Å². The molecule has 0 radical (unpaired) electrons. The summed E-state index contributed by atoms with van der Waals surface area (Å²) in [6.07, 6.45) is 1.82. The molecule has 1 aromatic heterocycles. The van der Waals surface area contributed by atoms with Crippen molar-refractivity contribution in [2.45, 2.75) is 9.79 Å². The van der Waals surface area contributed by atoms with Crippen LogP contribution in [-0.2, 0) is 0 Å². The van der Waals surface area contributed by atoms with Crippen molar-refractivity contribution < 1.29 is 0 Å². The van der Waals surface area contributed by atoms with Crippen LogP contribution >= 0.6 is 21.6 Å². The quantitative estimate of drug-likeness (QED) is 0.658. The highest BCUT2D eigenvalue weighted by molar-refractivity contribution is 8.76. The highest BCUT2D eigenvalue weighted by Gasteiger charge is 2.03. The minimum absolute atomic E-state index is 0.941. The van der Waals surface area contributed by atoms with Crippen molar-refractivity contribution in [3.8, 4) is 0 Å². The highest BCUT2D eigenvalue weighted by atomic mass is 33.1. The van der Waals surface area contributed by atoms with Crippen LogP contribution in [0.5, 0.6) is 0 Å². The van der Waals surface area contributed by atoms with Crippen LogP contribution in [0, 0.1) is 0 Å². The normalized spacial score (nSPS) is 10.7. The zero-order valence-corrected chi connectivity index (χ0v) is 11.1. The molecule has 0 amide bonds. The molecule has 0 aliphatic rings. The van der Waals surface area contributed by atoms with Gasteiger partial charge < -0.3 is 0 Å². The first-order valence-corrected chi connectivity index (χ1v) is 7.68. The summed E-state index contributed by atoms with van der Waals surface area (Å²) >= 11 is 0. The van der Waals surface area contributed by atoms with Gasteiger partial charge in [0, 0.05) is 15.2 Å². The summed E-state index contributed by atoms with van der Waals surface area (Å²) < 4.78 is 0. The van der Waals surface area contributed by atoms with Gasteiger partial charge in [-0.15, -0.1) is 0 Å². The molecule has 2 nitrogen and oxygen atoms in total. The van der Waals surface area contributed by atoms with Crippen LogP contribution < -0.4 is 0 Å². The van der Waals surface area contributed by atoms with E-state index in [0.29, 0.717) is 0 Å². The Hall–Kier alpha value is -1.52. The molecule has 0 atom stereocenters. The standard InChI is InChI=1S/C14H10N2S2/c1-2-6-11(7-3-1)17-18-14-10-15-16-13-9-5-4-8-12(13)14/h1-10H. The van der Waals surface area contributed by atoms with Crippen molar-refractivity contribution in [3.05, 3.63) is 60.8 Å². The summed E-state index contributed by atoms with van der Waals surface area (Å²) in [7, 11) is 3.45. The van der Waals surface area contributed by atoms with E-state index in [1.807, 2.05) is 42.6 Å². The summed E-state index contributed by atoms with van der Waals surface area (Å²) in [6.45, 7) is 0. The van der Waals surface area contributed by atoms with Gasteiger partial charge >= 0.3 is 0 Å². The lowest BCUT2D eigenvalue weighted by atomic mass is 10.2. The Morgan fingerprint density at radius 3 is 2.44 bits per heavy atom. The fourth-order valence-electron chi connectivity index (χ4n) is 1.62. The number of benzene rings is 2. The van der Waals surface area contributed by atoms with Gasteiger partial charge in [0.05, 0.1) is 11.7 Å². The molecule has 0 bridgehead atoms. The first-order valence-electron chi connectivity index (χ1n) is 5.53. The molecule has 2 aromatic carbocycles. The summed E-state index contributed by atoms with van der Waals surface area (Å²) in [6, 6.07) is 18.4. The Morgan fingerprint density at radius 2 is 1.56 bits per heavy atom. The maximum atomic E-state index is 4.12. The van der Waals surface area contributed by atoms with Gasteiger partial charge in [-0.3, -0.25) is 0 Å². The number of fused-ring (bicyclic) bond motifs is 1. The molecule has 0 aliphatic carbocycles. The number of aromatic nitrogens is 2. The molecule has 3 rings (SSSR count). The van der Waals surface area contributed by atoms with Crippen LogP contribution in [0.3, 0.4) is 0 Å². The second kappa shape index (κ2) is 5.42. The molecule has 0 saturated heterocycles. The van der Waals surface area contributed by atoms with Crippen LogP contribution in [0.1, 0.15) is 0 Å². The van der Waals surface area contributed by atoms with Gasteiger partial charge in [-0.25, -0.2) is 0 Å². The summed E-state index contributed by atoms with van der Waals surface area (Å²) in [5.41, 5.74) is 0.941. The smallest absolute Gasteiger partial charge is 0.0941 e. The van der Waals surface area contributed by atoms with Crippen molar-refractivity contribution >= 4 is 32.5 Å². The third-order valence-electron chi connectivity index (χ3n) is 2.48. The van der Waals surface area contributed by atoms with Crippen molar-refractivity contribution in [3.63, 3.8) is 0 Å². The van der Waals surface area contributed by atoms with Crippen LogP contribution in [0.25, 0.3) is 10.9 Å². The SMILES string of the molecule is c1ccc(SSc2cnnc3ccccc23)cc1. The average Bonchev–Trinajstić information content (AvgIpc) is 2.46. The summed E-state index contributed by atoms with van der Waals surface area (Å²) in [5.74, 6) is 0. The molecule has 0 unspecified atom stereocenters. The molecule has 18 heavy (non-hydrogen) atoms. The predicted molar refractivity (Wildman–Crippen MR) is 77.7 cm³/mol. The summed E-state index contributed by atoms with van der Waals surface area (Å²) in [5, 5.41) is 9.32. The van der Waals surface area contributed by atoms with E-state index in [1.54, 1.807) is 21.6 Å². The molecule has 88 valence electrons. The number of hydrogen-bond donors (Lipinski definition) is 0. The zero-order chi connectivity index (χ0) is 12.2. The average molecular weight is 270 g/mol. The minimum atomic E-state index is 0.941. The van der Waals surface area contributed by atoms with Crippen LogP contribution in [0.15, 0.2) is 70.6 Å². The third kappa shape index (κ3) is 2.49. The molecule has 0 spiro atoms. The van der Waals surface area contributed by atoms with E-state index in [9.17, 15) is 0 Å². The number of hydrogen-bond acceptors (Lipinski definition) is 4. The third-order valence-corrected chi connectivity index (χ3v) is 4.90. The van der Waals surface area contributed by atoms with Crippen molar-refractivity contribution in [2.75, 3.05) is 0 Å². The lowest BCUT2D eigenvalue weighted by Gasteiger charge is -2.03. The van der Waals surface area contributed by atoms with Gasteiger partial charge in [0.2, 0.25) is 0 Å². The molecule has 3 aromatic rings. The van der Waals surface area contributed by atoms with E-state index in [4.69, 9.17) is 0 Å². The van der Waals surface area contributed by atoms with E-state index in [1.165, 1.54) is 4.90 Å². The maximum Gasteiger partial charge on any atom is 0.0941 e. The second-order valence-electron chi connectivity index (χ2n) is 3.71. The van der Waals surface area contributed by atoms with E-state index in [2.05, 4.69) is 28.4 Å². The monoisotopic (exact) mass is 270 g/mol. The van der Waals surface area contributed by atoms with Gasteiger partial charge in [0.15, 0.2) is 0 Å². The molecule has 4 heteroatoms. The molecular weight excluding hydrogens is 260 g/mol. The molecule has 1 heterocycles. The Kier molecular flexibility index (Phi) is 3.48. The van der Waals surface area contributed by atoms with Crippen molar-refractivity contribution in [1.29, 1.82) is 0 Å². The lowest BCUT2D eigenvalue weighted by molar-refractivity contribution is 1.05. The first kappa shape index (κ1) is 11.6. The maximum absolute atomic E-state index is 4.12. The largest absolute Gasteiger partial charge is 0.157 e. The lowest BCUT2D eigenvalue weighted by Crippen LogP contribution is -1.84. The zero-order valence-electron chi connectivity index (χ0n) is 9.48. The molecule has 0 fully saturated rings. The Labute approximate surface area is 113 Å². The Morgan fingerprint density at radius 1 is 0.778 bits per heavy atom. The first-order chi connectivity index (χ1) is 8.93. The van der Waals surface area contributed by atoms with Crippen LogP contribution in [0.4, 0.5) is 0 Å². The number of rotatable bonds is 3. The van der Waals surface area contributed by atoms with Gasteiger partial charge in [0.25, 0.3) is 0 Å². The van der Waals surface area contributed by atoms with E-state index < -0.39 is 0 Å². The van der Waals surface area contributed by atoms with Crippen molar-refractivity contribution in [2.24, 2.45) is 0 Å². The molecular formula is C14H10N2S2. The van der Waals surface area contributed by atoms with Crippen molar-refractivity contribution in [1.82, 2.24) is 10.2 Å². The fourth-order valence-corrected chi connectivity index (χ4v) is 3.71. The van der Waals surface area contributed by atoms with Gasteiger partial charge in [-0.2, -0.15) is 10.2 Å². The van der Waals surface area contributed by atoms with Gasteiger partial charge in [-0.05, 0) is 18.2 Å². The minimum Gasteiger partial charge on any atom is -0.157 e. The molecule has 0 saturated carbocycles. The fraction of sp³-hybridized carbons (Fsp3) is 0. The van der Waals surface area contributed by atoms with E-state index >= 15 is 0 Å². The van der Waals surface area contributed by atoms with Crippen LogP contribution in [0.2, 0.25) is 0 Å². The number of nitrogens with zero attached hydrogens (tertiary/aromatic N) is 2. The predicted octanol–water partition coefficient (Wildman–Crippen LogP) is 4.43. The Balaban J connectivity index is 1.87. The summed E-state index contributed by atoms with van der Waals surface area (Å²) in [4.78, 5) is 2.39. The molecule has 0 aliphatic heterocycles. The second-order valence-corrected chi connectivity index (χ2v) is 5.95. The Bertz CT molecular complexity index is 651. The van der Waals surface area contributed by atoms with Crippen LogP contribution in [-0.4, -0.2) is 10.2 Å². The van der Waals surface area contributed by atoms with Gasteiger partial charge in [-0.1, -0.05) is 58.0 Å². The highest BCUT2D eigenvalue weighted by Crippen LogP contribution is 2.39. The van der Waals surface area contributed by atoms with Gasteiger partial charge in [0.1, 0.15) is 0 Å².